The second kappa shape index (κ2) is 13.2. The Bertz CT molecular complexity index is 726. The van der Waals surface area contributed by atoms with Gasteiger partial charge in [0.25, 0.3) is 0 Å². The molecule has 0 rings (SSSR count). The third kappa shape index (κ3) is 10.2. The van der Waals surface area contributed by atoms with E-state index in [1.807, 2.05) is 5.32 Å². The lowest BCUT2D eigenvalue weighted by Crippen LogP contribution is -2.60. The molecule has 14 nitrogen and oxygen atoms in total. The molecule has 182 valence electrons. The van der Waals surface area contributed by atoms with Gasteiger partial charge in [0.2, 0.25) is 23.6 Å². The van der Waals surface area contributed by atoms with Gasteiger partial charge in [0.15, 0.2) is 0 Å². The van der Waals surface area contributed by atoms with E-state index >= 15 is 0 Å². The minimum absolute atomic E-state index is 0.285. The molecule has 0 bridgehead atoms. The molecule has 0 radical (unpaired) electrons. The number of aliphatic hydroxyl groups excluding tert-OH is 1. The maximum absolute atomic E-state index is 12.7. The highest BCUT2D eigenvalue weighted by molar-refractivity contribution is 5.95. The predicted molar refractivity (Wildman–Crippen MR) is 109 cm³/mol. The number of carbonyl (C=O) groups is 6. The molecule has 0 heterocycles. The van der Waals surface area contributed by atoms with Gasteiger partial charge in [-0.15, -0.1) is 0 Å². The van der Waals surface area contributed by atoms with E-state index in [0.29, 0.717) is 0 Å². The molecule has 4 amide bonds. The first-order valence-electron chi connectivity index (χ1n) is 9.75. The third-order valence-corrected chi connectivity index (χ3v) is 4.38. The number of hydrogen-bond acceptors (Lipinski definition) is 8. The number of carboxylic acid groups (broad SMARTS) is 2. The van der Waals surface area contributed by atoms with Gasteiger partial charge in [-0.3, -0.25) is 24.0 Å². The van der Waals surface area contributed by atoms with Crippen LogP contribution in [0, 0.1) is 5.92 Å². The van der Waals surface area contributed by atoms with Crippen LogP contribution in [0.1, 0.15) is 40.0 Å². The van der Waals surface area contributed by atoms with Gasteiger partial charge in [-0.25, -0.2) is 4.79 Å². The van der Waals surface area contributed by atoms with Crippen molar-refractivity contribution in [3.8, 4) is 0 Å². The van der Waals surface area contributed by atoms with Crippen molar-refractivity contribution in [2.45, 2.75) is 70.3 Å². The van der Waals surface area contributed by atoms with Crippen LogP contribution in [-0.4, -0.2) is 81.2 Å². The van der Waals surface area contributed by atoms with Crippen molar-refractivity contribution in [1.82, 2.24) is 16.0 Å². The lowest BCUT2D eigenvalue weighted by Gasteiger charge is -2.26. The summed E-state index contributed by atoms with van der Waals surface area (Å²) in [5.74, 6) is -6.97. The molecular weight excluding hydrogens is 430 g/mol. The Balaban J connectivity index is 5.51. The minimum Gasteiger partial charge on any atom is -0.481 e. The molecule has 5 unspecified atom stereocenters. The number of amides is 4. The second-order valence-electron chi connectivity index (χ2n) is 7.56. The first kappa shape index (κ1) is 28.7. The number of nitrogens with two attached hydrogens (primary N) is 2. The number of aliphatic hydroxyl groups is 1. The van der Waals surface area contributed by atoms with E-state index in [1.165, 1.54) is 0 Å². The summed E-state index contributed by atoms with van der Waals surface area (Å²) in [6, 6.07) is -5.78. The first-order valence-corrected chi connectivity index (χ1v) is 9.75. The lowest BCUT2D eigenvalue weighted by atomic mass is 10.0. The predicted octanol–water partition coefficient (Wildman–Crippen LogP) is -3.37. The van der Waals surface area contributed by atoms with Crippen molar-refractivity contribution in [3.63, 3.8) is 0 Å². The number of hydrogen-bond donors (Lipinski definition) is 8. The summed E-state index contributed by atoms with van der Waals surface area (Å²) in [4.78, 5) is 70.4. The maximum atomic E-state index is 12.7. The summed E-state index contributed by atoms with van der Waals surface area (Å²) >= 11 is 0. The minimum atomic E-state index is -1.70. The van der Waals surface area contributed by atoms with Gasteiger partial charge in [-0.1, -0.05) is 13.8 Å². The molecule has 14 heteroatoms. The zero-order valence-corrected chi connectivity index (χ0v) is 18.0. The zero-order chi connectivity index (χ0) is 25.2. The van der Waals surface area contributed by atoms with E-state index in [-0.39, 0.29) is 12.3 Å². The molecule has 5 atom stereocenters. The quantitative estimate of drug-likeness (QED) is 0.127. The Hall–Kier alpha value is -3.26. The standard InChI is InChI=1S/C18H31N5O9/c1-7(2)13(20)16(29)21-9(4-5-12(26)27)15(28)23-14(8(3)24)17(30)22-10(18(31)32)6-11(19)25/h7-10,13-14,24H,4-6,20H2,1-3H3,(H2,19,25)(H,21,29)(H,22,30)(H,23,28)(H,26,27)(H,31,32). The van der Waals surface area contributed by atoms with Gasteiger partial charge in [-0.2, -0.15) is 0 Å². The summed E-state index contributed by atoms with van der Waals surface area (Å²) in [7, 11) is 0. The van der Waals surface area contributed by atoms with Crippen LogP contribution in [0.3, 0.4) is 0 Å². The number of primary amides is 1. The average Bonchev–Trinajstić information content (AvgIpc) is 2.66. The number of carbonyl (C=O) groups excluding carboxylic acids is 4. The van der Waals surface area contributed by atoms with Crippen molar-refractivity contribution in [3.05, 3.63) is 0 Å². The summed E-state index contributed by atoms with van der Waals surface area (Å²) in [6.45, 7) is 4.46. The van der Waals surface area contributed by atoms with E-state index in [9.17, 15) is 33.9 Å². The smallest absolute Gasteiger partial charge is 0.326 e. The van der Waals surface area contributed by atoms with E-state index < -0.39 is 78.7 Å². The largest absolute Gasteiger partial charge is 0.481 e. The fourth-order valence-electron chi connectivity index (χ4n) is 2.43. The van der Waals surface area contributed by atoms with Gasteiger partial charge in [0.1, 0.15) is 18.1 Å². The van der Waals surface area contributed by atoms with Gasteiger partial charge in [0, 0.05) is 6.42 Å². The van der Waals surface area contributed by atoms with Crippen LogP contribution in [0.4, 0.5) is 0 Å². The number of rotatable bonds is 14. The van der Waals surface area contributed by atoms with Crippen LogP contribution < -0.4 is 27.4 Å². The molecule has 0 spiro atoms. The van der Waals surface area contributed by atoms with Crippen molar-refractivity contribution in [1.29, 1.82) is 0 Å². The van der Waals surface area contributed by atoms with Gasteiger partial charge in [0.05, 0.1) is 18.6 Å². The molecule has 0 aliphatic carbocycles. The number of nitrogens with one attached hydrogen (secondary N) is 3. The van der Waals surface area contributed by atoms with E-state index in [4.69, 9.17) is 21.7 Å². The Morgan fingerprint density at radius 1 is 0.844 bits per heavy atom. The molecule has 0 aliphatic rings. The molecule has 0 aromatic carbocycles. The van der Waals surface area contributed by atoms with Crippen molar-refractivity contribution in [2.24, 2.45) is 17.4 Å². The van der Waals surface area contributed by atoms with Crippen LogP contribution in [0.15, 0.2) is 0 Å². The Morgan fingerprint density at radius 3 is 1.78 bits per heavy atom. The highest BCUT2D eigenvalue weighted by Crippen LogP contribution is 2.05. The van der Waals surface area contributed by atoms with E-state index in [0.717, 1.165) is 6.92 Å². The summed E-state index contributed by atoms with van der Waals surface area (Å²) in [5, 5.41) is 34.3. The average molecular weight is 461 g/mol. The third-order valence-electron chi connectivity index (χ3n) is 4.38. The summed E-state index contributed by atoms with van der Waals surface area (Å²) in [5.41, 5.74) is 10.7. The van der Waals surface area contributed by atoms with Crippen LogP contribution in [0.5, 0.6) is 0 Å². The van der Waals surface area contributed by atoms with Gasteiger partial charge in [-0.05, 0) is 19.3 Å². The SMILES string of the molecule is CC(C)C(N)C(=O)NC(CCC(=O)O)C(=O)NC(C(=O)NC(CC(N)=O)C(=O)O)C(C)O. The Labute approximate surface area is 184 Å². The Kier molecular flexibility index (Phi) is 11.9. The van der Waals surface area contributed by atoms with Crippen LogP contribution in [0.25, 0.3) is 0 Å². The van der Waals surface area contributed by atoms with Crippen molar-refractivity contribution in [2.75, 3.05) is 0 Å². The van der Waals surface area contributed by atoms with Crippen molar-refractivity contribution >= 4 is 35.6 Å². The molecular formula is C18H31N5O9. The molecule has 0 fully saturated rings. The van der Waals surface area contributed by atoms with E-state index in [2.05, 4.69) is 10.6 Å². The number of carboxylic acids is 2. The maximum Gasteiger partial charge on any atom is 0.326 e. The highest BCUT2D eigenvalue weighted by atomic mass is 16.4. The van der Waals surface area contributed by atoms with Crippen LogP contribution >= 0.6 is 0 Å². The molecule has 0 saturated carbocycles. The zero-order valence-electron chi connectivity index (χ0n) is 18.0. The fourth-order valence-corrected chi connectivity index (χ4v) is 2.43. The topological polar surface area (TPSA) is 251 Å². The lowest BCUT2D eigenvalue weighted by molar-refractivity contribution is -0.144. The highest BCUT2D eigenvalue weighted by Gasteiger charge is 2.33. The van der Waals surface area contributed by atoms with Crippen LogP contribution in [0.2, 0.25) is 0 Å². The monoisotopic (exact) mass is 461 g/mol. The molecule has 10 N–H and O–H groups in total. The molecule has 0 saturated heterocycles. The first-order chi connectivity index (χ1) is 14.7. The van der Waals surface area contributed by atoms with E-state index in [1.54, 1.807) is 13.8 Å². The summed E-state index contributed by atoms with van der Waals surface area (Å²) < 4.78 is 0. The molecule has 0 aromatic heterocycles. The fraction of sp³-hybridized carbons (Fsp3) is 0.667. The van der Waals surface area contributed by atoms with Gasteiger partial charge < -0.3 is 42.7 Å². The normalized spacial score (nSPS) is 15.6. The molecule has 32 heavy (non-hydrogen) atoms. The van der Waals surface area contributed by atoms with Gasteiger partial charge >= 0.3 is 11.9 Å². The van der Waals surface area contributed by atoms with Crippen molar-refractivity contribution < 1.29 is 44.1 Å². The number of aliphatic carboxylic acids is 2. The molecule has 0 aliphatic heterocycles. The van der Waals surface area contributed by atoms with Crippen LogP contribution in [-0.2, 0) is 28.8 Å². The Morgan fingerprint density at radius 2 is 1.38 bits per heavy atom. The molecule has 0 aromatic rings. The second-order valence-corrected chi connectivity index (χ2v) is 7.56. The summed E-state index contributed by atoms with van der Waals surface area (Å²) in [6.07, 6.45) is -3.09.